The molecule has 20 heavy (non-hydrogen) atoms. The molecule has 1 N–H and O–H groups in total. The Kier molecular flexibility index (Phi) is 5.37. The first kappa shape index (κ1) is 14.8. The molecule has 2 aromatic heterocycles. The van der Waals surface area contributed by atoms with Crippen molar-refractivity contribution in [1.82, 2.24) is 14.5 Å². The van der Waals surface area contributed by atoms with E-state index in [0.717, 1.165) is 24.0 Å². The van der Waals surface area contributed by atoms with Crippen molar-refractivity contribution in [2.75, 3.05) is 19.0 Å². The Labute approximate surface area is 121 Å². The van der Waals surface area contributed by atoms with Crippen molar-refractivity contribution in [3.8, 4) is 0 Å². The summed E-state index contributed by atoms with van der Waals surface area (Å²) >= 11 is 1.23. The van der Waals surface area contributed by atoms with Gasteiger partial charge in [-0.3, -0.25) is 9.78 Å². The number of ether oxygens (including phenoxy) is 1. The molecule has 108 valence electrons. The van der Waals surface area contributed by atoms with Crippen LogP contribution in [0.3, 0.4) is 0 Å². The fourth-order valence-corrected chi connectivity index (χ4v) is 2.64. The molecule has 0 aliphatic heterocycles. The smallest absolute Gasteiger partial charge is 0.313 e. The van der Waals surface area contributed by atoms with Crippen molar-refractivity contribution in [2.45, 2.75) is 25.0 Å². The molecule has 0 aliphatic rings. The van der Waals surface area contributed by atoms with Crippen LogP contribution in [-0.2, 0) is 16.1 Å². The normalized spacial score (nSPS) is 11.1. The zero-order valence-corrected chi connectivity index (χ0v) is 12.1. The van der Waals surface area contributed by atoms with E-state index in [2.05, 4.69) is 9.97 Å². The number of rotatable bonds is 8. The minimum atomic E-state index is -0.846. The first-order valence-electron chi connectivity index (χ1n) is 6.45. The maximum absolute atomic E-state index is 10.7. The molecule has 6 nitrogen and oxygen atoms in total. The van der Waals surface area contributed by atoms with Crippen molar-refractivity contribution in [2.24, 2.45) is 0 Å². The number of nitrogens with zero attached hydrogens (tertiary/aromatic N) is 3. The summed E-state index contributed by atoms with van der Waals surface area (Å²) in [5, 5.41) is 9.51. The van der Waals surface area contributed by atoms with Gasteiger partial charge >= 0.3 is 5.97 Å². The van der Waals surface area contributed by atoms with Gasteiger partial charge in [0.2, 0.25) is 0 Å². The molecule has 0 unspecified atom stereocenters. The first-order valence-corrected chi connectivity index (χ1v) is 7.43. The number of thioether (sulfide) groups is 1. The molecule has 2 rings (SSSR count). The third-order valence-corrected chi connectivity index (χ3v) is 3.68. The van der Waals surface area contributed by atoms with Gasteiger partial charge < -0.3 is 14.4 Å². The largest absolute Gasteiger partial charge is 0.481 e. The number of carboxylic acid groups (broad SMARTS) is 1. The Bertz CT molecular complexity index is 585. The van der Waals surface area contributed by atoms with Crippen LogP contribution in [0.15, 0.2) is 23.6 Å². The molecule has 2 aromatic rings. The summed E-state index contributed by atoms with van der Waals surface area (Å²) in [5.74, 6) is -0.844. The van der Waals surface area contributed by atoms with Crippen LogP contribution in [0, 0.1) is 0 Å². The maximum atomic E-state index is 10.7. The van der Waals surface area contributed by atoms with Gasteiger partial charge in [0.1, 0.15) is 5.52 Å². The summed E-state index contributed by atoms with van der Waals surface area (Å²) in [4.78, 5) is 19.2. The summed E-state index contributed by atoms with van der Waals surface area (Å²) in [6.45, 7) is 4.11. The Morgan fingerprint density at radius 2 is 2.40 bits per heavy atom. The minimum Gasteiger partial charge on any atom is -0.481 e. The van der Waals surface area contributed by atoms with Crippen LogP contribution in [0.25, 0.3) is 11.0 Å². The second-order valence-corrected chi connectivity index (χ2v) is 5.09. The number of carboxylic acids is 1. The highest BCUT2D eigenvalue weighted by atomic mass is 32.2. The lowest BCUT2D eigenvalue weighted by Crippen LogP contribution is -2.06. The fourth-order valence-electron chi connectivity index (χ4n) is 1.88. The number of pyridine rings is 1. The third kappa shape index (κ3) is 3.71. The number of carbonyl (C=O) groups is 1. The zero-order valence-electron chi connectivity index (χ0n) is 11.3. The van der Waals surface area contributed by atoms with Gasteiger partial charge in [0.25, 0.3) is 0 Å². The number of aromatic nitrogens is 3. The number of aliphatic carboxylic acids is 1. The van der Waals surface area contributed by atoms with E-state index in [4.69, 9.17) is 9.84 Å². The van der Waals surface area contributed by atoms with E-state index < -0.39 is 5.97 Å². The number of fused-ring (bicyclic) bond motifs is 1. The molecule has 0 amide bonds. The van der Waals surface area contributed by atoms with Gasteiger partial charge in [-0.25, -0.2) is 4.98 Å². The molecule has 0 saturated heterocycles. The van der Waals surface area contributed by atoms with Gasteiger partial charge in [0.15, 0.2) is 5.16 Å². The van der Waals surface area contributed by atoms with Gasteiger partial charge in [-0.1, -0.05) is 11.8 Å². The number of hydrogen-bond acceptors (Lipinski definition) is 5. The quantitative estimate of drug-likeness (QED) is 0.593. The average Bonchev–Trinajstić information content (AvgIpc) is 2.79. The van der Waals surface area contributed by atoms with E-state index in [1.54, 1.807) is 12.4 Å². The molecule has 0 spiro atoms. The predicted octanol–water partition coefficient (Wildman–Crippen LogP) is 2.03. The molecule has 0 aromatic carbocycles. The van der Waals surface area contributed by atoms with Gasteiger partial charge in [-0.2, -0.15) is 0 Å². The standard InChI is InChI=1S/C13H17N3O3S/c1-2-19-7-3-6-16-11-4-5-14-8-10(11)15-13(16)20-9-12(17)18/h4-5,8H,2-3,6-7,9H2,1H3,(H,17,18). The Balaban J connectivity index is 2.18. The molecule has 0 saturated carbocycles. The average molecular weight is 295 g/mol. The topological polar surface area (TPSA) is 77.2 Å². The predicted molar refractivity (Wildman–Crippen MR) is 77.0 cm³/mol. The van der Waals surface area contributed by atoms with Crippen molar-refractivity contribution < 1.29 is 14.6 Å². The SMILES string of the molecule is CCOCCCn1c(SCC(=O)O)nc2cnccc21. The van der Waals surface area contributed by atoms with E-state index in [-0.39, 0.29) is 5.75 Å². The number of aryl methyl sites for hydroxylation is 1. The first-order chi connectivity index (χ1) is 9.72. The molecule has 0 aliphatic carbocycles. The third-order valence-electron chi connectivity index (χ3n) is 2.71. The summed E-state index contributed by atoms with van der Waals surface area (Å²) in [6.07, 6.45) is 4.27. The van der Waals surface area contributed by atoms with Crippen LogP contribution in [-0.4, -0.2) is 44.6 Å². The van der Waals surface area contributed by atoms with Crippen LogP contribution < -0.4 is 0 Å². The van der Waals surface area contributed by atoms with E-state index in [0.29, 0.717) is 18.4 Å². The highest BCUT2D eigenvalue weighted by Gasteiger charge is 2.12. The van der Waals surface area contributed by atoms with Crippen LogP contribution >= 0.6 is 11.8 Å². The molecular formula is C13H17N3O3S. The second kappa shape index (κ2) is 7.25. The molecule has 0 fully saturated rings. The van der Waals surface area contributed by atoms with E-state index in [1.807, 2.05) is 17.6 Å². The lowest BCUT2D eigenvalue weighted by atomic mass is 10.4. The number of imidazole rings is 1. The minimum absolute atomic E-state index is 0.00219. The lowest BCUT2D eigenvalue weighted by Gasteiger charge is -2.08. The summed E-state index contributed by atoms with van der Waals surface area (Å²) in [6, 6.07) is 1.90. The van der Waals surface area contributed by atoms with Crippen molar-refractivity contribution in [3.63, 3.8) is 0 Å². The van der Waals surface area contributed by atoms with Gasteiger partial charge in [0.05, 0.1) is 17.5 Å². The van der Waals surface area contributed by atoms with Crippen LogP contribution in [0.1, 0.15) is 13.3 Å². The van der Waals surface area contributed by atoms with Gasteiger partial charge in [-0.15, -0.1) is 0 Å². The van der Waals surface area contributed by atoms with Crippen molar-refractivity contribution in [1.29, 1.82) is 0 Å². The Morgan fingerprint density at radius 1 is 1.55 bits per heavy atom. The van der Waals surface area contributed by atoms with Gasteiger partial charge in [0, 0.05) is 26.0 Å². The highest BCUT2D eigenvalue weighted by Crippen LogP contribution is 2.23. The Hall–Kier alpha value is -1.60. The monoisotopic (exact) mass is 295 g/mol. The summed E-state index contributed by atoms with van der Waals surface area (Å²) < 4.78 is 7.37. The summed E-state index contributed by atoms with van der Waals surface area (Å²) in [7, 11) is 0. The van der Waals surface area contributed by atoms with E-state index >= 15 is 0 Å². The van der Waals surface area contributed by atoms with E-state index in [1.165, 1.54) is 11.8 Å². The molecule has 2 heterocycles. The maximum Gasteiger partial charge on any atom is 0.313 e. The lowest BCUT2D eigenvalue weighted by molar-refractivity contribution is -0.133. The van der Waals surface area contributed by atoms with Gasteiger partial charge in [-0.05, 0) is 19.4 Å². The fraction of sp³-hybridized carbons (Fsp3) is 0.462. The number of hydrogen-bond donors (Lipinski definition) is 1. The molecule has 0 radical (unpaired) electrons. The van der Waals surface area contributed by atoms with Crippen LogP contribution in [0.5, 0.6) is 0 Å². The zero-order chi connectivity index (χ0) is 14.4. The molecule has 0 bridgehead atoms. The molecule has 7 heteroatoms. The van der Waals surface area contributed by atoms with Crippen molar-refractivity contribution >= 4 is 28.8 Å². The van der Waals surface area contributed by atoms with Crippen LogP contribution in [0.2, 0.25) is 0 Å². The second-order valence-electron chi connectivity index (χ2n) is 4.14. The Morgan fingerprint density at radius 3 is 3.15 bits per heavy atom. The molecule has 0 atom stereocenters. The highest BCUT2D eigenvalue weighted by molar-refractivity contribution is 7.99. The molecular weight excluding hydrogens is 278 g/mol. The summed E-state index contributed by atoms with van der Waals surface area (Å²) in [5.41, 5.74) is 1.76. The van der Waals surface area contributed by atoms with Crippen molar-refractivity contribution in [3.05, 3.63) is 18.5 Å². The van der Waals surface area contributed by atoms with Crippen LogP contribution in [0.4, 0.5) is 0 Å². The van der Waals surface area contributed by atoms with E-state index in [9.17, 15) is 4.79 Å².